The second-order valence-corrected chi connectivity index (χ2v) is 5.92. The summed E-state index contributed by atoms with van der Waals surface area (Å²) in [6.07, 6.45) is 0. The Bertz CT molecular complexity index is 706. The standard InChI is InChI=1S/C20H26N2O4/c1-14(19(21)15-7-5-4-6-8-15)20(23)22-16-9-10-17(25-3)18(13-16)26-12-11-24-2/h4-10,13-14,19H,11-12,21H2,1-3H3,(H,22,23). The van der Waals surface area contributed by atoms with Gasteiger partial charge in [-0.25, -0.2) is 0 Å². The van der Waals surface area contributed by atoms with Crippen LogP contribution in [0, 0.1) is 5.92 Å². The predicted molar refractivity (Wildman–Crippen MR) is 102 cm³/mol. The zero-order valence-corrected chi connectivity index (χ0v) is 15.4. The first-order valence-electron chi connectivity index (χ1n) is 8.48. The molecule has 26 heavy (non-hydrogen) atoms. The van der Waals surface area contributed by atoms with Gasteiger partial charge in [0, 0.05) is 24.9 Å². The lowest BCUT2D eigenvalue weighted by atomic mass is 9.94. The Hall–Kier alpha value is -2.57. The molecule has 2 unspecified atom stereocenters. The average molecular weight is 358 g/mol. The molecule has 0 spiro atoms. The number of anilines is 1. The molecule has 0 saturated carbocycles. The second-order valence-electron chi connectivity index (χ2n) is 5.92. The van der Waals surface area contributed by atoms with Crippen molar-refractivity contribution in [1.29, 1.82) is 0 Å². The predicted octanol–water partition coefficient (Wildman–Crippen LogP) is 3.00. The van der Waals surface area contributed by atoms with Crippen LogP contribution in [0.2, 0.25) is 0 Å². The number of amides is 1. The maximum Gasteiger partial charge on any atom is 0.229 e. The number of hydrogen-bond donors (Lipinski definition) is 2. The lowest BCUT2D eigenvalue weighted by Crippen LogP contribution is -2.30. The van der Waals surface area contributed by atoms with E-state index in [0.29, 0.717) is 30.4 Å². The van der Waals surface area contributed by atoms with Gasteiger partial charge in [0.15, 0.2) is 11.5 Å². The largest absolute Gasteiger partial charge is 0.493 e. The van der Waals surface area contributed by atoms with Crippen molar-refractivity contribution in [3.63, 3.8) is 0 Å². The lowest BCUT2D eigenvalue weighted by molar-refractivity contribution is -0.120. The minimum Gasteiger partial charge on any atom is -0.493 e. The van der Waals surface area contributed by atoms with Crippen molar-refractivity contribution >= 4 is 11.6 Å². The van der Waals surface area contributed by atoms with Gasteiger partial charge in [-0.05, 0) is 17.7 Å². The zero-order chi connectivity index (χ0) is 18.9. The van der Waals surface area contributed by atoms with Gasteiger partial charge in [0.25, 0.3) is 0 Å². The molecule has 2 rings (SSSR count). The molecule has 1 amide bonds. The van der Waals surface area contributed by atoms with Crippen LogP contribution in [-0.2, 0) is 9.53 Å². The van der Waals surface area contributed by atoms with Crippen LogP contribution in [0.15, 0.2) is 48.5 Å². The first-order valence-corrected chi connectivity index (χ1v) is 8.48. The van der Waals surface area contributed by atoms with Gasteiger partial charge in [-0.3, -0.25) is 4.79 Å². The highest BCUT2D eigenvalue weighted by Crippen LogP contribution is 2.31. The Morgan fingerprint density at radius 3 is 2.46 bits per heavy atom. The van der Waals surface area contributed by atoms with E-state index in [2.05, 4.69) is 5.32 Å². The molecule has 0 bridgehead atoms. The van der Waals surface area contributed by atoms with Crippen LogP contribution in [0.4, 0.5) is 5.69 Å². The Kier molecular flexibility index (Phi) is 7.44. The van der Waals surface area contributed by atoms with Crippen LogP contribution in [0.25, 0.3) is 0 Å². The summed E-state index contributed by atoms with van der Waals surface area (Å²) >= 11 is 0. The first-order chi connectivity index (χ1) is 12.6. The Balaban J connectivity index is 2.06. The second kappa shape index (κ2) is 9.79. The number of nitrogens with two attached hydrogens (primary N) is 1. The smallest absolute Gasteiger partial charge is 0.229 e. The van der Waals surface area contributed by atoms with Crippen molar-refractivity contribution in [1.82, 2.24) is 0 Å². The lowest BCUT2D eigenvalue weighted by Gasteiger charge is -2.20. The molecule has 0 aliphatic carbocycles. The summed E-state index contributed by atoms with van der Waals surface area (Å²) in [5, 5.41) is 2.89. The van der Waals surface area contributed by atoms with Crippen LogP contribution in [0.5, 0.6) is 11.5 Å². The van der Waals surface area contributed by atoms with E-state index in [-0.39, 0.29) is 11.9 Å². The fourth-order valence-corrected chi connectivity index (χ4v) is 2.49. The highest BCUT2D eigenvalue weighted by Gasteiger charge is 2.22. The number of benzene rings is 2. The summed E-state index contributed by atoms with van der Waals surface area (Å²) in [6, 6.07) is 14.4. The van der Waals surface area contributed by atoms with E-state index in [1.807, 2.05) is 37.3 Å². The fraction of sp³-hybridized carbons (Fsp3) is 0.350. The summed E-state index contributed by atoms with van der Waals surface area (Å²) in [5.74, 6) is 0.585. The van der Waals surface area contributed by atoms with Gasteiger partial charge in [-0.15, -0.1) is 0 Å². The van der Waals surface area contributed by atoms with Crippen LogP contribution < -0.4 is 20.5 Å². The molecule has 0 heterocycles. The topological polar surface area (TPSA) is 82.8 Å². The zero-order valence-electron chi connectivity index (χ0n) is 15.4. The van der Waals surface area contributed by atoms with E-state index in [1.165, 1.54) is 0 Å². The molecule has 140 valence electrons. The van der Waals surface area contributed by atoms with E-state index in [1.54, 1.807) is 32.4 Å². The van der Waals surface area contributed by atoms with E-state index in [9.17, 15) is 4.79 Å². The number of rotatable bonds is 9. The van der Waals surface area contributed by atoms with Crippen LogP contribution >= 0.6 is 0 Å². The van der Waals surface area contributed by atoms with Crippen molar-refractivity contribution < 1.29 is 19.0 Å². The minimum atomic E-state index is -0.391. The van der Waals surface area contributed by atoms with Gasteiger partial charge in [0.2, 0.25) is 5.91 Å². The third-order valence-corrected chi connectivity index (χ3v) is 4.11. The monoisotopic (exact) mass is 358 g/mol. The number of carbonyl (C=O) groups excluding carboxylic acids is 1. The van der Waals surface area contributed by atoms with Crippen LogP contribution in [-0.4, -0.2) is 33.3 Å². The van der Waals surface area contributed by atoms with Crippen molar-refractivity contribution in [3.05, 3.63) is 54.1 Å². The highest BCUT2D eigenvalue weighted by atomic mass is 16.5. The molecule has 2 atom stereocenters. The number of carbonyl (C=O) groups is 1. The van der Waals surface area contributed by atoms with E-state index < -0.39 is 5.92 Å². The Labute approximate surface area is 154 Å². The third-order valence-electron chi connectivity index (χ3n) is 4.11. The molecule has 0 saturated heterocycles. The van der Waals surface area contributed by atoms with Gasteiger partial charge < -0.3 is 25.3 Å². The highest BCUT2D eigenvalue weighted by molar-refractivity contribution is 5.93. The van der Waals surface area contributed by atoms with Crippen molar-refractivity contribution in [2.24, 2.45) is 11.7 Å². The maximum atomic E-state index is 12.6. The number of hydrogen-bond acceptors (Lipinski definition) is 5. The molecular weight excluding hydrogens is 332 g/mol. The summed E-state index contributed by atoms with van der Waals surface area (Å²) in [7, 11) is 3.17. The van der Waals surface area contributed by atoms with Gasteiger partial charge >= 0.3 is 0 Å². The molecule has 6 heteroatoms. The van der Waals surface area contributed by atoms with Gasteiger partial charge in [0.1, 0.15) is 6.61 Å². The molecule has 0 radical (unpaired) electrons. The van der Waals surface area contributed by atoms with Gasteiger partial charge in [-0.1, -0.05) is 37.3 Å². The molecule has 0 aromatic heterocycles. The summed E-state index contributed by atoms with van der Waals surface area (Å²) < 4.78 is 15.9. The first kappa shape index (κ1) is 19.8. The van der Waals surface area contributed by atoms with Crippen molar-refractivity contribution in [3.8, 4) is 11.5 Å². The van der Waals surface area contributed by atoms with Crippen LogP contribution in [0.1, 0.15) is 18.5 Å². The number of methoxy groups -OCH3 is 2. The molecule has 2 aromatic rings. The van der Waals surface area contributed by atoms with E-state index >= 15 is 0 Å². The Morgan fingerprint density at radius 2 is 1.81 bits per heavy atom. The Morgan fingerprint density at radius 1 is 1.08 bits per heavy atom. The molecule has 3 N–H and O–H groups in total. The summed E-state index contributed by atoms with van der Waals surface area (Å²) in [5.41, 5.74) is 7.78. The molecule has 0 aliphatic heterocycles. The van der Waals surface area contributed by atoms with Gasteiger partial charge in [0.05, 0.1) is 19.6 Å². The van der Waals surface area contributed by atoms with Crippen LogP contribution in [0.3, 0.4) is 0 Å². The SMILES string of the molecule is COCCOc1cc(NC(=O)C(C)C(N)c2ccccc2)ccc1OC. The maximum absolute atomic E-state index is 12.6. The molecule has 2 aromatic carbocycles. The molecular formula is C20H26N2O4. The molecule has 0 fully saturated rings. The summed E-state index contributed by atoms with van der Waals surface area (Å²) in [4.78, 5) is 12.6. The van der Waals surface area contributed by atoms with E-state index in [0.717, 1.165) is 5.56 Å². The summed E-state index contributed by atoms with van der Waals surface area (Å²) in [6.45, 7) is 2.66. The van der Waals surface area contributed by atoms with E-state index in [4.69, 9.17) is 19.9 Å². The normalized spacial score (nSPS) is 12.9. The van der Waals surface area contributed by atoms with Gasteiger partial charge in [-0.2, -0.15) is 0 Å². The molecule has 6 nitrogen and oxygen atoms in total. The quantitative estimate of drug-likeness (QED) is 0.673. The fourth-order valence-electron chi connectivity index (χ4n) is 2.49. The van der Waals surface area contributed by atoms with Crippen molar-refractivity contribution in [2.45, 2.75) is 13.0 Å². The third kappa shape index (κ3) is 5.21. The van der Waals surface area contributed by atoms with Crippen molar-refractivity contribution in [2.75, 3.05) is 32.8 Å². The number of nitrogens with one attached hydrogen (secondary N) is 1. The molecule has 0 aliphatic rings. The minimum absolute atomic E-state index is 0.158. The number of ether oxygens (including phenoxy) is 3. The average Bonchev–Trinajstić information content (AvgIpc) is 2.68.